The first-order chi connectivity index (χ1) is 5.83. The van der Waals surface area contributed by atoms with Crippen molar-refractivity contribution in [2.75, 3.05) is 0 Å². The molecule has 12 heavy (non-hydrogen) atoms. The zero-order valence-corrected chi connectivity index (χ0v) is 6.64. The number of aliphatic imine (C=N–C) groups is 1. The van der Waals surface area contributed by atoms with Crippen molar-refractivity contribution in [3.8, 4) is 0 Å². The predicted octanol–water partition coefficient (Wildman–Crippen LogP) is 0.655. The summed E-state index contributed by atoms with van der Waals surface area (Å²) in [7, 11) is 5.55. The Morgan fingerprint density at radius 1 is 1.42 bits per heavy atom. The monoisotopic (exact) mass is 156 g/mol. The van der Waals surface area contributed by atoms with Crippen molar-refractivity contribution >= 4 is 25.2 Å². The van der Waals surface area contributed by atoms with E-state index < -0.39 is 0 Å². The Labute approximate surface area is 73.2 Å². The van der Waals surface area contributed by atoms with Crippen molar-refractivity contribution in [2.24, 2.45) is 10.7 Å². The van der Waals surface area contributed by atoms with E-state index in [1.807, 2.05) is 18.2 Å². The molecule has 0 spiro atoms. The van der Waals surface area contributed by atoms with Crippen LogP contribution in [0.5, 0.6) is 0 Å². The third-order valence-corrected chi connectivity index (χ3v) is 1.29. The normalized spacial score (nSPS) is 11.3. The number of allylic oxidation sites excluding steroid dienone is 1. The largest absolute Gasteiger partial charge is 0.405 e. The van der Waals surface area contributed by atoms with Gasteiger partial charge < -0.3 is 5.73 Å². The van der Waals surface area contributed by atoms with Gasteiger partial charge in [-0.05, 0) is 24.4 Å². The molecule has 1 aromatic carbocycles. The first-order valence-electron chi connectivity index (χ1n) is 3.59. The first kappa shape index (κ1) is 8.59. The molecule has 0 amide bonds. The van der Waals surface area contributed by atoms with Crippen molar-refractivity contribution in [3.05, 3.63) is 36.5 Å². The highest BCUT2D eigenvalue weighted by atomic mass is 14.7. The molecule has 0 aliphatic heterocycles. The Bertz CT molecular complexity index is 305. The van der Waals surface area contributed by atoms with Gasteiger partial charge in [-0.25, -0.2) is 0 Å². The maximum atomic E-state index is 5.55. The molecule has 2 radical (unpaired) electrons. The smallest absolute Gasteiger partial charge is 0.113 e. The Morgan fingerprint density at radius 2 is 2.25 bits per heavy atom. The maximum Gasteiger partial charge on any atom is 0.113 e. The second-order valence-corrected chi connectivity index (χ2v) is 2.26. The quantitative estimate of drug-likeness (QED) is 0.495. The van der Waals surface area contributed by atoms with Gasteiger partial charge in [-0.1, -0.05) is 17.6 Å². The van der Waals surface area contributed by atoms with E-state index in [4.69, 9.17) is 13.6 Å². The number of nitrogens with two attached hydrogens (primary N) is 1. The molecule has 2 nitrogen and oxygen atoms in total. The van der Waals surface area contributed by atoms with Gasteiger partial charge in [0.2, 0.25) is 0 Å². The van der Waals surface area contributed by atoms with E-state index in [2.05, 4.69) is 4.99 Å². The van der Waals surface area contributed by atoms with E-state index >= 15 is 0 Å². The van der Waals surface area contributed by atoms with Crippen LogP contribution in [-0.2, 0) is 0 Å². The summed E-state index contributed by atoms with van der Waals surface area (Å²) >= 11 is 0. The SMILES string of the molecule is [B]c1cccc(N=CC=CN)c1. The molecule has 1 aromatic rings. The molecule has 0 aromatic heterocycles. The van der Waals surface area contributed by atoms with Crippen LogP contribution in [0.1, 0.15) is 0 Å². The molecule has 0 unspecified atom stereocenters. The highest BCUT2D eigenvalue weighted by Gasteiger charge is 1.85. The molecule has 0 atom stereocenters. The van der Waals surface area contributed by atoms with Crippen LogP contribution in [0.3, 0.4) is 0 Å². The molecule has 0 heterocycles. The second kappa shape index (κ2) is 4.39. The average molecular weight is 156 g/mol. The molecule has 0 fully saturated rings. The summed E-state index contributed by atoms with van der Waals surface area (Å²) in [6, 6.07) is 7.34. The van der Waals surface area contributed by atoms with Gasteiger partial charge >= 0.3 is 0 Å². The molecule has 0 saturated heterocycles. The van der Waals surface area contributed by atoms with Crippen molar-refractivity contribution in [1.29, 1.82) is 0 Å². The number of rotatable bonds is 2. The Balaban J connectivity index is 2.76. The molecule has 1 rings (SSSR count). The van der Waals surface area contributed by atoms with Crippen molar-refractivity contribution in [2.45, 2.75) is 0 Å². The fourth-order valence-corrected chi connectivity index (χ4v) is 0.784. The van der Waals surface area contributed by atoms with Gasteiger partial charge in [-0.3, -0.25) is 4.99 Å². The number of hydrogen-bond donors (Lipinski definition) is 1. The number of benzene rings is 1. The van der Waals surface area contributed by atoms with Gasteiger partial charge in [0.05, 0.1) is 5.69 Å². The standard InChI is InChI=1S/C9H9BN2/c10-8-3-1-4-9(7-8)12-6-2-5-11/h1-7H,11H2. The first-order valence-corrected chi connectivity index (χ1v) is 3.59. The van der Waals surface area contributed by atoms with E-state index in [1.54, 1.807) is 18.4 Å². The van der Waals surface area contributed by atoms with E-state index in [0.717, 1.165) is 5.69 Å². The van der Waals surface area contributed by atoms with Crippen LogP contribution in [-0.4, -0.2) is 14.1 Å². The van der Waals surface area contributed by atoms with Gasteiger partial charge in [0.1, 0.15) is 7.85 Å². The minimum absolute atomic E-state index is 0.710. The summed E-state index contributed by atoms with van der Waals surface area (Å²) < 4.78 is 0. The highest BCUT2D eigenvalue weighted by molar-refractivity contribution is 6.32. The van der Waals surface area contributed by atoms with Gasteiger partial charge in [0.25, 0.3) is 0 Å². The van der Waals surface area contributed by atoms with Crippen molar-refractivity contribution in [3.63, 3.8) is 0 Å². The molecule has 3 heteroatoms. The van der Waals surface area contributed by atoms with Crippen LogP contribution in [0.2, 0.25) is 0 Å². The topological polar surface area (TPSA) is 38.4 Å². The lowest BCUT2D eigenvalue weighted by Gasteiger charge is -1.93. The van der Waals surface area contributed by atoms with Crippen LogP contribution in [0.4, 0.5) is 5.69 Å². The summed E-state index contributed by atoms with van der Waals surface area (Å²) in [5, 5.41) is 0. The maximum absolute atomic E-state index is 5.55. The minimum atomic E-state index is 0.710. The van der Waals surface area contributed by atoms with E-state index in [-0.39, 0.29) is 0 Å². The summed E-state index contributed by atoms with van der Waals surface area (Å²) in [4.78, 5) is 4.08. The minimum Gasteiger partial charge on any atom is -0.405 e. The average Bonchev–Trinajstić information content (AvgIpc) is 2.05. The van der Waals surface area contributed by atoms with Crippen molar-refractivity contribution in [1.82, 2.24) is 0 Å². The Kier molecular flexibility index (Phi) is 3.14. The van der Waals surface area contributed by atoms with Gasteiger partial charge in [0, 0.05) is 6.21 Å². The molecular formula is C9H9BN2. The van der Waals surface area contributed by atoms with Crippen molar-refractivity contribution < 1.29 is 0 Å². The van der Waals surface area contributed by atoms with Crippen LogP contribution in [0.15, 0.2) is 41.5 Å². The molecule has 0 aliphatic rings. The fourth-order valence-electron chi connectivity index (χ4n) is 0.784. The lowest BCUT2D eigenvalue weighted by Crippen LogP contribution is -1.98. The molecule has 0 aliphatic carbocycles. The summed E-state index contributed by atoms with van der Waals surface area (Å²) in [5.74, 6) is 0. The zero-order chi connectivity index (χ0) is 8.81. The lowest BCUT2D eigenvalue weighted by molar-refractivity contribution is 1.55. The Morgan fingerprint density at radius 3 is 2.92 bits per heavy atom. The van der Waals surface area contributed by atoms with Gasteiger partial charge in [0.15, 0.2) is 0 Å². The highest BCUT2D eigenvalue weighted by Crippen LogP contribution is 2.06. The van der Waals surface area contributed by atoms with Crippen LogP contribution < -0.4 is 11.2 Å². The van der Waals surface area contributed by atoms with Crippen LogP contribution in [0.25, 0.3) is 0 Å². The molecular weight excluding hydrogens is 147 g/mol. The second-order valence-electron chi connectivity index (χ2n) is 2.26. The predicted molar refractivity (Wildman–Crippen MR) is 53.3 cm³/mol. The summed E-state index contributed by atoms with van der Waals surface area (Å²) in [5.41, 5.74) is 6.66. The number of nitrogens with zero attached hydrogens (tertiary/aromatic N) is 1. The zero-order valence-electron chi connectivity index (χ0n) is 6.64. The molecule has 0 bridgehead atoms. The van der Waals surface area contributed by atoms with Crippen LogP contribution in [0, 0.1) is 0 Å². The van der Waals surface area contributed by atoms with Gasteiger partial charge in [-0.2, -0.15) is 0 Å². The molecule has 2 N–H and O–H groups in total. The number of hydrogen-bond acceptors (Lipinski definition) is 2. The van der Waals surface area contributed by atoms with E-state index in [0.29, 0.717) is 5.46 Å². The lowest BCUT2D eigenvalue weighted by atomic mass is 9.96. The third kappa shape index (κ3) is 2.62. The summed E-state index contributed by atoms with van der Waals surface area (Å²) in [6.07, 6.45) is 4.70. The third-order valence-electron chi connectivity index (χ3n) is 1.29. The molecule has 0 saturated carbocycles. The van der Waals surface area contributed by atoms with Crippen LogP contribution >= 0.6 is 0 Å². The van der Waals surface area contributed by atoms with Gasteiger partial charge in [-0.15, -0.1) is 0 Å². The van der Waals surface area contributed by atoms with E-state index in [9.17, 15) is 0 Å². The fraction of sp³-hybridized carbons (Fsp3) is 0. The summed E-state index contributed by atoms with van der Waals surface area (Å²) in [6.45, 7) is 0. The Hall–Kier alpha value is -1.51. The molecule has 58 valence electrons. The van der Waals surface area contributed by atoms with E-state index in [1.165, 1.54) is 6.20 Å².